The summed E-state index contributed by atoms with van der Waals surface area (Å²) in [6, 6.07) is 21.1. The molecule has 0 radical (unpaired) electrons. The van der Waals surface area contributed by atoms with Crippen LogP contribution in [0.2, 0.25) is 0 Å². The first-order valence-corrected chi connectivity index (χ1v) is 8.32. The highest BCUT2D eigenvalue weighted by Crippen LogP contribution is 2.32. The topological polar surface area (TPSA) is 43.4 Å². The van der Waals surface area contributed by atoms with E-state index in [1.54, 1.807) is 24.3 Å². The molecule has 0 saturated carbocycles. The van der Waals surface area contributed by atoms with E-state index in [1.807, 2.05) is 30.3 Å². The summed E-state index contributed by atoms with van der Waals surface area (Å²) in [6.07, 6.45) is 0. The van der Waals surface area contributed by atoms with E-state index in [2.05, 4.69) is 0 Å². The molecule has 3 aromatic carbocycles. The van der Waals surface area contributed by atoms with Crippen molar-refractivity contribution in [3.05, 3.63) is 84.7 Å². The van der Waals surface area contributed by atoms with E-state index >= 15 is 0 Å². The minimum atomic E-state index is -4.25. The zero-order valence-corrected chi connectivity index (χ0v) is 12.8. The van der Waals surface area contributed by atoms with Gasteiger partial charge in [-0.3, -0.25) is 0 Å². The molecule has 3 rings (SSSR count). The lowest BCUT2D eigenvalue weighted by molar-refractivity contribution is 0.477. The van der Waals surface area contributed by atoms with Gasteiger partial charge in [-0.05, 0) is 23.8 Å². The van der Waals surface area contributed by atoms with Crippen LogP contribution in [0.25, 0.3) is 11.1 Å². The first kappa shape index (κ1) is 15.2. The molecule has 0 aliphatic carbocycles. The SMILES string of the molecule is O=S(=O)(Oc1ccccc1-c1ccccc1)c1ccccc1F. The van der Waals surface area contributed by atoms with Crippen molar-refractivity contribution >= 4 is 10.1 Å². The number of halogens is 1. The van der Waals surface area contributed by atoms with Gasteiger partial charge in [0.15, 0.2) is 5.75 Å². The molecule has 23 heavy (non-hydrogen) atoms. The predicted octanol–water partition coefficient (Wildman–Crippen LogP) is 4.26. The average molecular weight is 328 g/mol. The average Bonchev–Trinajstić information content (AvgIpc) is 2.56. The molecule has 0 bridgehead atoms. The van der Waals surface area contributed by atoms with Gasteiger partial charge in [0.2, 0.25) is 0 Å². The monoisotopic (exact) mass is 328 g/mol. The molecule has 0 amide bonds. The summed E-state index contributed by atoms with van der Waals surface area (Å²) in [6.45, 7) is 0. The Bertz CT molecular complexity index is 922. The standard InChI is InChI=1S/C18H13FO3S/c19-16-11-5-7-13-18(16)23(20,21)22-17-12-6-4-10-15(17)14-8-2-1-3-9-14/h1-13H. The number of para-hydroxylation sites is 1. The maximum atomic E-state index is 13.8. The second-order valence-electron chi connectivity index (χ2n) is 4.83. The fraction of sp³-hybridized carbons (Fsp3) is 0. The number of hydrogen-bond acceptors (Lipinski definition) is 3. The Labute approximate surface area is 134 Å². The molecule has 0 fully saturated rings. The van der Waals surface area contributed by atoms with Crippen LogP contribution in [-0.4, -0.2) is 8.42 Å². The number of rotatable bonds is 4. The summed E-state index contributed by atoms with van der Waals surface area (Å²) in [5.41, 5.74) is 1.43. The molecule has 0 unspecified atom stereocenters. The van der Waals surface area contributed by atoms with E-state index in [1.165, 1.54) is 18.2 Å². The van der Waals surface area contributed by atoms with Crippen LogP contribution in [0.4, 0.5) is 4.39 Å². The zero-order chi connectivity index (χ0) is 16.3. The Morgan fingerprint density at radius 2 is 1.35 bits per heavy atom. The highest BCUT2D eigenvalue weighted by molar-refractivity contribution is 7.87. The molecule has 0 atom stereocenters. The van der Waals surface area contributed by atoms with Crippen molar-refractivity contribution in [3.63, 3.8) is 0 Å². The lowest BCUT2D eigenvalue weighted by Gasteiger charge is -2.12. The summed E-state index contributed by atoms with van der Waals surface area (Å²) in [7, 11) is -4.25. The van der Waals surface area contributed by atoms with E-state index in [4.69, 9.17) is 4.18 Å². The van der Waals surface area contributed by atoms with Crippen molar-refractivity contribution in [3.8, 4) is 16.9 Å². The molecule has 116 valence electrons. The van der Waals surface area contributed by atoms with Crippen molar-refractivity contribution in [1.29, 1.82) is 0 Å². The van der Waals surface area contributed by atoms with Gasteiger partial charge in [0.1, 0.15) is 10.7 Å². The Kier molecular flexibility index (Phi) is 4.12. The smallest absolute Gasteiger partial charge is 0.342 e. The fourth-order valence-electron chi connectivity index (χ4n) is 2.21. The molecule has 0 aliphatic heterocycles. The molecule has 0 saturated heterocycles. The van der Waals surface area contributed by atoms with Gasteiger partial charge in [-0.25, -0.2) is 4.39 Å². The predicted molar refractivity (Wildman–Crippen MR) is 86.1 cm³/mol. The van der Waals surface area contributed by atoms with Crippen molar-refractivity contribution < 1.29 is 17.0 Å². The maximum absolute atomic E-state index is 13.8. The Hall–Kier alpha value is -2.66. The van der Waals surface area contributed by atoms with Crippen molar-refractivity contribution in [1.82, 2.24) is 0 Å². The largest absolute Gasteiger partial charge is 0.378 e. The Balaban J connectivity index is 2.03. The van der Waals surface area contributed by atoms with Gasteiger partial charge in [0, 0.05) is 5.56 Å². The zero-order valence-electron chi connectivity index (χ0n) is 12.0. The van der Waals surface area contributed by atoms with Crippen LogP contribution < -0.4 is 4.18 Å². The minimum absolute atomic E-state index is 0.155. The molecule has 5 heteroatoms. The van der Waals surface area contributed by atoms with Gasteiger partial charge >= 0.3 is 10.1 Å². The van der Waals surface area contributed by atoms with Gasteiger partial charge in [-0.1, -0.05) is 60.7 Å². The summed E-state index contributed by atoms with van der Waals surface area (Å²) in [5, 5.41) is 0. The molecular weight excluding hydrogens is 315 g/mol. The van der Waals surface area contributed by atoms with Crippen LogP contribution in [0.15, 0.2) is 83.8 Å². The number of benzene rings is 3. The molecule has 0 spiro atoms. The summed E-state index contributed by atoms with van der Waals surface area (Å²) in [5.74, 6) is -0.688. The van der Waals surface area contributed by atoms with Crippen LogP contribution in [0, 0.1) is 5.82 Å². The van der Waals surface area contributed by atoms with E-state index in [0.29, 0.717) is 5.56 Å². The molecule has 3 aromatic rings. The van der Waals surface area contributed by atoms with E-state index in [0.717, 1.165) is 11.6 Å². The molecular formula is C18H13FO3S. The molecule has 0 aromatic heterocycles. The fourth-order valence-corrected chi connectivity index (χ4v) is 3.23. The van der Waals surface area contributed by atoms with Crippen LogP contribution in [0.1, 0.15) is 0 Å². The van der Waals surface area contributed by atoms with Gasteiger partial charge in [0.25, 0.3) is 0 Å². The highest BCUT2D eigenvalue weighted by Gasteiger charge is 2.22. The van der Waals surface area contributed by atoms with Gasteiger partial charge < -0.3 is 4.18 Å². The second kappa shape index (κ2) is 6.22. The normalized spacial score (nSPS) is 11.2. The molecule has 3 nitrogen and oxygen atoms in total. The van der Waals surface area contributed by atoms with Crippen LogP contribution in [-0.2, 0) is 10.1 Å². The summed E-state index contributed by atoms with van der Waals surface area (Å²) in [4.78, 5) is -0.483. The van der Waals surface area contributed by atoms with Crippen molar-refractivity contribution in [2.24, 2.45) is 0 Å². The molecule has 0 N–H and O–H groups in total. The maximum Gasteiger partial charge on any atom is 0.342 e. The summed E-state index contributed by atoms with van der Waals surface area (Å²) >= 11 is 0. The Morgan fingerprint density at radius 1 is 0.739 bits per heavy atom. The van der Waals surface area contributed by atoms with E-state index in [9.17, 15) is 12.8 Å². The van der Waals surface area contributed by atoms with Crippen LogP contribution in [0.5, 0.6) is 5.75 Å². The minimum Gasteiger partial charge on any atom is -0.378 e. The summed E-state index contributed by atoms with van der Waals surface area (Å²) < 4.78 is 43.6. The Morgan fingerprint density at radius 3 is 2.09 bits per heavy atom. The van der Waals surface area contributed by atoms with Crippen LogP contribution >= 0.6 is 0 Å². The quantitative estimate of drug-likeness (QED) is 0.672. The third-order valence-electron chi connectivity index (χ3n) is 3.28. The van der Waals surface area contributed by atoms with E-state index in [-0.39, 0.29) is 5.75 Å². The van der Waals surface area contributed by atoms with E-state index < -0.39 is 20.8 Å². The number of hydrogen-bond donors (Lipinski definition) is 0. The lowest BCUT2D eigenvalue weighted by atomic mass is 10.1. The van der Waals surface area contributed by atoms with Gasteiger partial charge in [0.05, 0.1) is 0 Å². The van der Waals surface area contributed by atoms with Gasteiger partial charge in [-0.15, -0.1) is 0 Å². The van der Waals surface area contributed by atoms with Gasteiger partial charge in [-0.2, -0.15) is 8.42 Å². The highest BCUT2D eigenvalue weighted by atomic mass is 32.2. The lowest BCUT2D eigenvalue weighted by Crippen LogP contribution is -2.12. The third-order valence-corrected chi connectivity index (χ3v) is 4.55. The molecule has 0 heterocycles. The van der Waals surface area contributed by atoms with Crippen LogP contribution in [0.3, 0.4) is 0 Å². The van der Waals surface area contributed by atoms with Crippen molar-refractivity contribution in [2.45, 2.75) is 4.90 Å². The first-order chi connectivity index (χ1) is 11.1. The first-order valence-electron chi connectivity index (χ1n) is 6.91. The molecule has 0 aliphatic rings. The van der Waals surface area contributed by atoms with Crippen molar-refractivity contribution in [2.75, 3.05) is 0 Å². The second-order valence-corrected chi connectivity index (χ2v) is 6.34. The third kappa shape index (κ3) is 3.24.